The molecular weight excluding hydrogens is 188 g/mol. The second-order valence-electron chi connectivity index (χ2n) is 5.25. The van der Waals surface area contributed by atoms with E-state index in [9.17, 15) is 5.11 Å². The summed E-state index contributed by atoms with van der Waals surface area (Å²) in [6, 6.07) is 2.24. The van der Waals surface area contributed by atoms with Gasteiger partial charge in [-0.3, -0.25) is 0 Å². The molecule has 0 amide bonds. The van der Waals surface area contributed by atoms with Gasteiger partial charge in [-0.25, -0.2) is 0 Å². The van der Waals surface area contributed by atoms with Gasteiger partial charge in [-0.15, -0.1) is 0 Å². The summed E-state index contributed by atoms with van der Waals surface area (Å²) in [5.74, 6) is 0.538. The van der Waals surface area contributed by atoms with Crippen LogP contribution in [0.5, 0.6) is 0 Å². The number of nitriles is 1. The molecule has 86 valence electrons. The Morgan fingerprint density at radius 3 is 2.60 bits per heavy atom. The molecule has 0 radical (unpaired) electrons. The molecule has 1 saturated carbocycles. The highest BCUT2D eigenvalue weighted by Crippen LogP contribution is 2.47. The van der Waals surface area contributed by atoms with Crippen molar-refractivity contribution in [2.45, 2.75) is 45.6 Å². The summed E-state index contributed by atoms with van der Waals surface area (Å²) in [7, 11) is 0. The molecule has 1 rings (SSSR count). The van der Waals surface area contributed by atoms with Crippen LogP contribution in [0, 0.1) is 22.7 Å². The minimum atomic E-state index is -0.247. The quantitative estimate of drug-likeness (QED) is 0.672. The smallest absolute Gasteiger partial charge is 0.0667 e. The number of rotatable bonds is 7. The van der Waals surface area contributed by atoms with E-state index in [4.69, 9.17) is 5.26 Å². The Kier molecular flexibility index (Phi) is 4.56. The van der Waals surface area contributed by atoms with Gasteiger partial charge in [-0.1, -0.05) is 13.8 Å². The highest BCUT2D eigenvalue weighted by atomic mass is 16.3. The van der Waals surface area contributed by atoms with Crippen molar-refractivity contribution >= 4 is 0 Å². The van der Waals surface area contributed by atoms with E-state index in [1.165, 1.54) is 0 Å². The third-order valence-corrected chi connectivity index (χ3v) is 3.03. The molecule has 1 aliphatic carbocycles. The number of nitrogens with zero attached hydrogens (tertiary/aromatic N) is 1. The lowest BCUT2D eigenvalue weighted by Crippen LogP contribution is -2.32. The molecule has 0 aliphatic heterocycles. The Hall–Kier alpha value is -0.590. The topological polar surface area (TPSA) is 56.0 Å². The molecule has 2 N–H and O–H groups in total. The Labute approximate surface area is 92.5 Å². The van der Waals surface area contributed by atoms with Crippen molar-refractivity contribution in [2.24, 2.45) is 11.3 Å². The van der Waals surface area contributed by atoms with Gasteiger partial charge < -0.3 is 10.4 Å². The molecule has 1 fully saturated rings. The maximum absolute atomic E-state index is 9.64. The Morgan fingerprint density at radius 1 is 1.47 bits per heavy atom. The summed E-state index contributed by atoms with van der Waals surface area (Å²) < 4.78 is 0. The molecule has 0 aromatic heterocycles. The number of nitrogens with one attached hydrogen (secondary N) is 1. The minimum Gasteiger partial charge on any atom is -0.392 e. The standard InChI is InChI=1S/C12H22N2O/c1-10(2)7-11(15)8-14-9-12(3-4-12)5-6-13/h10-11,14-15H,3-5,7-9H2,1-2H3. The maximum atomic E-state index is 9.64. The Balaban J connectivity index is 2.09. The first-order valence-electron chi connectivity index (χ1n) is 5.84. The molecule has 0 saturated heterocycles. The first-order valence-corrected chi connectivity index (χ1v) is 5.84. The first kappa shape index (κ1) is 12.5. The predicted octanol–water partition coefficient (Wildman–Crippen LogP) is 1.68. The fourth-order valence-corrected chi connectivity index (χ4v) is 1.89. The van der Waals surface area contributed by atoms with E-state index in [0.29, 0.717) is 18.9 Å². The molecule has 3 nitrogen and oxygen atoms in total. The lowest BCUT2D eigenvalue weighted by molar-refractivity contribution is 0.144. The van der Waals surface area contributed by atoms with Gasteiger partial charge in [-0.2, -0.15) is 5.26 Å². The van der Waals surface area contributed by atoms with Gasteiger partial charge in [0, 0.05) is 19.5 Å². The van der Waals surface area contributed by atoms with Crippen molar-refractivity contribution in [1.29, 1.82) is 5.26 Å². The zero-order chi connectivity index (χ0) is 11.3. The minimum absolute atomic E-state index is 0.242. The Bertz CT molecular complexity index is 228. The van der Waals surface area contributed by atoms with E-state index in [0.717, 1.165) is 25.8 Å². The number of aliphatic hydroxyl groups is 1. The van der Waals surface area contributed by atoms with Gasteiger partial charge in [0.1, 0.15) is 0 Å². The van der Waals surface area contributed by atoms with Crippen LogP contribution in [0.25, 0.3) is 0 Å². The normalized spacial score (nSPS) is 19.9. The van der Waals surface area contributed by atoms with Gasteiger partial charge in [0.15, 0.2) is 0 Å². The van der Waals surface area contributed by atoms with Crippen molar-refractivity contribution in [3.05, 3.63) is 0 Å². The molecule has 0 aromatic carbocycles. The lowest BCUT2D eigenvalue weighted by atomic mass is 10.0. The molecule has 1 aliphatic rings. The van der Waals surface area contributed by atoms with Crippen LogP contribution >= 0.6 is 0 Å². The number of hydrogen-bond donors (Lipinski definition) is 2. The zero-order valence-corrected chi connectivity index (χ0v) is 9.79. The monoisotopic (exact) mass is 210 g/mol. The van der Waals surface area contributed by atoms with E-state index < -0.39 is 0 Å². The third-order valence-electron chi connectivity index (χ3n) is 3.03. The van der Waals surface area contributed by atoms with Crippen LogP contribution in [0.4, 0.5) is 0 Å². The van der Waals surface area contributed by atoms with Crippen LogP contribution in [0.1, 0.15) is 39.5 Å². The van der Waals surface area contributed by atoms with Crippen molar-refractivity contribution in [1.82, 2.24) is 5.32 Å². The molecule has 0 spiro atoms. The van der Waals surface area contributed by atoms with Crippen LogP contribution in [0.15, 0.2) is 0 Å². The van der Waals surface area contributed by atoms with Crippen molar-refractivity contribution < 1.29 is 5.11 Å². The van der Waals surface area contributed by atoms with E-state index in [-0.39, 0.29) is 11.5 Å². The summed E-state index contributed by atoms with van der Waals surface area (Å²) in [5.41, 5.74) is 0.242. The predicted molar refractivity (Wildman–Crippen MR) is 60.2 cm³/mol. The SMILES string of the molecule is CC(C)CC(O)CNCC1(CC#N)CC1. The van der Waals surface area contributed by atoms with E-state index in [2.05, 4.69) is 25.2 Å². The second kappa shape index (κ2) is 5.48. The second-order valence-corrected chi connectivity index (χ2v) is 5.25. The van der Waals surface area contributed by atoms with Crippen molar-refractivity contribution in [3.63, 3.8) is 0 Å². The fraction of sp³-hybridized carbons (Fsp3) is 0.917. The number of hydrogen-bond acceptors (Lipinski definition) is 3. The highest BCUT2D eigenvalue weighted by Gasteiger charge is 2.41. The molecule has 0 aromatic rings. The maximum Gasteiger partial charge on any atom is 0.0667 e. The molecule has 0 bridgehead atoms. The van der Waals surface area contributed by atoms with Crippen LogP contribution in [0.3, 0.4) is 0 Å². The fourth-order valence-electron chi connectivity index (χ4n) is 1.89. The summed E-state index contributed by atoms with van der Waals surface area (Å²) >= 11 is 0. The molecule has 1 unspecified atom stereocenters. The van der Waals surface area contributed by atoms with Crippen LogP contribution < -0.4 is 5.32 Å². The largest absolute Gasteiger partial charge is 0.392 e. The van der Waals surface area contributed by atoms with E-state index in [1.807, 2.05) is 0 Å². The molecule has 15 heavy (non-hydrogen) atoms. The summed E-state index contributed by atoms with van der Waals surface area (Å²) in [6.45, 7) is 5.77. The van der Waals surface area contributed by atoms with Crippen LogP contribution in [-0.2, 0) is 0 Å². The molecule has 0 heterocycles. The van der Waals surface area contributed by atoms with Crippen molar-refractivity contribution in [2.75, 3.05) is 13.1 Å². The van der Waals surface area contributed by atoms with Gasteiger partial charge in [0.2, 0.25) is 0 Å². The average molecular weight is 210 g/mol. The van der Waals surface area contributed by atoms with E-state index in [1.54, 1.807) is 0 Å². The summed E-state index contributed by atoms with van der Waals surface area (Å²) in [6.07, 6.45) is 3.57. The van der Waals surface area contributed by atoms with Crippen LogP contribution in [0.2, 0.25) is 0 Å². The van der Waals surface area contributed by atoms with Crippen LogP contribution in [-0.4, -0.2) is 24.3 Å². The van der Waals surface area contributed by atoms with Crippen molar-refractivity contribution in [3.8, 4) is 6.07 Å². The molecular formula is C12H22N2O. The third kappa shape index (κ3) is 4.63. The summed E-state index contributed by atoms with van der Waals surface area (Å²) in [4.78, 5) is 0. The highest BCUT2D eigenvalue weighted by molar-refractivity contribution is 5.00. The molecule has 3 heteroatoms. The van der Waals surface area contributed by atoms with Gasteiger partial charge in [0.25, 0.3) is 0 Å². The number of aliphatic hydroxyl groups excluding tert-OH is 1. The lowest BCUT2D eigenvalue weighted by Gasteiger charge is -2.16. The average Bonchev–Trinajstić information content (AvgIpc) is 2.84. The summed E-state index contributed by atoms with van der Waals surface area (Å²) in [5, 5.41) is 21.6. The van der Waals surface area contributed by atoms with Gasteiger partial charge in [-0.05, 0) is 30.6 Å². The Morgan fingerprint density at radius 2 is 2.13 bits per heavy atom. The molecule has 1 atom stereocenters. The van der Waals surface area contributed by atoms with Gasteiger partial charge >= 0.3 is 0 Å². The van der Waals surface area contributed by atoms with E-state index >= 15 is 0 Å². The first-order chi connectivity index (χ1) is 7.08. The zero-order valence-electron chi connectivity index (χ0n) is 9.79. The van der Waals surface area contributed by atoms with Gasteiger partial charge in [0.05, 0.1) is 12.2 Å².